The molecule has 1 N–H and O–H groups in total. The molecule has 0 saturated carbocycles. The highest BCUT2D eigenvalue weighted by molar-refractivity contribution is 8.18. The number of hydrogen-bond donors (Lipinski definition) is 1. The highest BCUT2D eigenvalue weighted by atomic mass is 35.5. The molecule has 1 heterocycles. The van der Waals surface area contributed by atoms with Gasteiger partial charge in [-0.25, -0.2) is 4.39 Å². The molecular weight excluding hydrogens is 415 g/mol. The van der Waals surface area contributed by atoms with Gasteiger partial charge in [-0.1, -0.05) is 48.0 Å². The van der Waals surface area contributed by atoms with Crippen LogP contribution in [0.3, 0.4) is 0 Å². The van der Waals surface area contributed by atoms with Crippen LogP contribution in [0.4, 0.5) is 9.18 Å². The fourth-order valence-electron chi connectivity index (χ4n) is 2.55. The van der Waals surface area contributed by atoms with Crippen LogP contribution in [0, 0.1) is 5.82 Å². The lowest BCUT2D eigenvalue weighted by Crippen LogP contribution is -2.36. The van der Waals surface area contributed by atoms with Gasteiger partial charge >= 0.3 is 0 Å². The number of carbonyl (C=O) groups excluding carboxylic acids is 3. The van der Waals surface area contributed by atoms with E-state index in [-0.39, 0.29) is 18.0 Å². The van der Waals surface area contributed by atoms with Crippen molar-refractivity contribution in [3.8, 4) is 0 Å². The van der Waals surface area contributed by atoms with Crippen molar-refractivity contribution in [3.05, 3.63) is 81.5 Å². The first-order valence-electron chi connectivity index (χ1n) is 8.66. The van der Waals surface area contributed by atoms with Crippen LogP contribution in [-0.2, 0) is 9.59 Å². The van der Waals surface area contributed by atoms with E-state index in [1.807, 2.05) is 0 Å². The van der Waals surface area contributed by atoms with E-state index >= 15 is 0 Å². The van der Waals surface area contributed by atoms with Gasteiger partial charge in [0.2, 0.25) is 5.91 Å². The Kier molecular flexibility index (Phi) is 6.85. The summed E-state index contributed by atoms with van der Waals surface area (Å²) in [5.41, 5.74) is 0.935. The van der Waals surface area contributed by atoms with E-state index in [2.05, 4.69) is 5.32 Å². The number of rotatable bonds is 6. The van der Waals surface area contributed by atoms with E-state index in [1.165, 1.54) is 18.2 Å². The Morgan fingerprint density at radius 1 is 1.10 bits per heavy atom. The average molecular weight is 431 g/mol. The molecule has 0 bridgehead atoms. The molecule has 8 heteroatoms. The fraction of sp³-hybridized carbons (Fsp3) is 0.0952. The number of halogens is 2. The van der Waals surface area contributed by atoms with Crippen molar-refractivity contribution in [2.75, 3.05) is 13.1 Å². The molecule has 3 amide bonds. The summed E-state index contributed by atoms with van der Waals surface area (Å²) in [4.78, 5) is 37.8. The van der Waals surface area contributed by atoms with E-state index in [1.54, 1.807) is 48.5 Å². The quantitative estimate of drug-likeness (QED) is 0.692. The summed E-state index contributed by atoms with van der Waals surface area (Å²) in [6, 6.07) is 13.1. The van der Waals surface area contributed by atoms with Gasteiger partial charge in [-0.15, -0.1) is 0 Å². The molecule has 148 valence electrons. The summed E-state index contributed by atoms with van der Waals surface area (Å²) in [7, 11) is 0. The van der Waals surface area contributed by atoms with E-state index in [4.69, 9.17) is 11.6 Å². The molecule has 2 aromatic carbocycles. The molecule has 0 spiro atoms. The summed E-state index contributed by atoms with van der Waals surface area (Å²) >= 11 is 6.91. The van der Waals surface area contributed by atoms with Crippen molar-refractivity contribution in [3.63, 3.8) is 0 Å². The number of imide groups is 1. The van der Waals surface area contributed by atoms with E-state index < -0.39 is 22.9 Å². The molecule has 0 atom stereocenters. The first-order chi connectivity index (χ1) is 14.0. The van der Waals surface area contributed by atoms with Crippen LogP contribution in [0.25, 0.3) is 12.2 Å². The van der Waals surface area contributed by atoms with E-state index in [0.29, 0.717) is 16.1 Å². The van der Waals surface area contributed by atoms with Crippen molar-refractivity contribution >= 4 is 52.6 Å². The largest absolute Gasteiger partial charge is 0.351 e. The van der Waals surface area contributed by atoms with Gasteiger partial charge in [0.15, 0.2) is 0 Å². The van der Waals surface area contributed by atoms with E-state index in [0.717, 1.165) is 16.7 Å². The third-order valence-corrected chi connectivity index (χ3v) is 5.27. The molecule has 1 aliphatic heterocycles. The van der Waals surface area contributed by atoms with Gasteiger partial charge in [-0.05, 0) is 41.6 Å². The summed E-state index contributed by atoms with van der Waals surface area (Å²) in [5.74, 6) is -1.32. The summed E-state index contributed by atoms with van der Waals surface area (Å²) in [6.07, 6.45) is 4.13. The van der Waals surface area contributed by atoms with Gasteiger partial charge in [0.25, 0.3) is 11.1 Å². The highest BCUT2D eigenvalue weighted by Crippen LogP contribution is 2.33. The Hall–Kier alpha value is -2.90. The standard InChI is InChI=1S/C21H16ClFN2O3S/c22-16-7-3-1-6-15(16)13-18-20(27)25(21(28)29-18)12-11-24-19(26)10-9-14-5-2-4-8-17(14)23/h1-10,13H,11-12H2,(H,24,26)/b10-9+,18-13-. The summed E-state index contributed by atoms with van der Waals surface area (Å²) in [6.45, 7) is 0.113. The lowest BCUT2D eigenvalue weighted by atomic mass is 10.2. The molecule has 1 saturated heterocycles. The second-order valence-electron chi connectivity index (χ2n) is 6.00. The second-order valence-corrected chi connectivity index (χ2v) is 7.40. The maximum Gasteiger partial charge on any atom is 0.293 e. The maximum atomic E-state index is 13.5. The van der Waals surface area contributed by atoms with Gasteiger partial charge < -0.3 is 5.32 Å². The first-order valence-corrected chi connectivity index (χ1v) is 9.85. The lowest BCUT2D eigenvalue weighted by Gasteiger charge is -2.12. The lowest BCUT2D eigenvalue weighted by molar-refractivity contribution is -0.123. The molecule has 0 aromatic heterocycles. The van der Waals surface area contributed by atoms with Crippen LogP contribution in [-0.4, -0.2) is 35.0 Å². The number of hydrogen-bond acceptors (Lipinski definition) is 4. The number of benzene rings is 2. The monoisotopic (exact) mass is 430 g/mol. The molecular formula is C21H16ClFN2O3S. The number of amides is 3. The van der Waals surface area contributed by atoms with Crippen LogP contribution in [0.15, 0.2) is 59.5 Å². The third kappa shape index (κ3) is 5.34. The van der Waals surface area contributed by atoms with Crippen molar-refractivity contribution in [2.45, 2.75) is 0 Å². The van der Waals surface area contributed by atoms with Crippen molar-refractivity contribution < 1.29 is 18.8 Å². The van der Waals surface area contributed by atoms with Gasteiger partial charge in [0.05, 0.1) is 4.91 Å². The zero-order valence-corrected chi connectivity index (χ0v) is 16.7. The SMILES string of the molecule is O=C(/C=C/c1ccccc1F)NCCN1C(=O)S/C(=C\c2ccccc2Cl)C1=O. The highest BCUT2D eigenvalue weighted by Gasteiger charge is 2.34. The molecule has 1 fully saturated rings. The number of nitrogens with one attached hydrogen (secondary N) is 1. The minimum atomic E-state index is -0.452. The van der Waals surface area contributed by atoms with Gasteiger partial charge in [-0.3, -0.25) is 19.3 Å². The predicted octanol–water partition coefficient (Wildman–Crippen LogP) is 4.35. The van der Waals surface area contributed by atoms with E-state index in [9.17, 15) is 18.8 Å². The molecule has 0 radical (unpaired) electrons. The predicted molar refractivity (Wildman–Crippen MR) is 113 cm³/mol. The Bertz CT molecular complexity index is 1020. The zero-order valence-electron chi connectivity index (χ0n) is 15.1. The Morgan fingerprint density at radius 3 is 2.52 bits per heavy atom. The zero-order chi connectivity index (χ0) is 20.8. The van der Waals surface area contributed by atoms with Crippen LogP contribution in [0.5, 0.6) is 0 Å². The van der Waals surface area contributed by atoms with Gasteiger partial charge in [0.1, 0.15) is 5.82 Å². The van der Waals surface area contributed by atoms with Crippen LogP contribution in [0.1, 0.15) is 11.1 Å². The molecule has 0 aliphatic carbocycles. The van der Waals surface area contributed by atoms with Crippen LogP contribution in [0.2, 0.25) is 5.02 Å². The maximum absolute atomic E-state index is 13.5. The average Bonchev–Trinajstić information content (AvgIpc) is 2.96. The van der Waals surface area contributed by atoms with Gasteiger partial charge in [-0.2, -0.15) is 0 Å². The second kappa shape index (κ2) is 9.54. The van der Waals surface area contributed by atoms with Crippen LogP contribution >= 0.6 is 23.4 Å². The molecule has 3 rings (SSSR count). The molecule has 5 nitrogen and oxygen atoms in total. The van der Waals surface area contributed by atoms with Crippen molar-refractivity contribution in [1.82, 2.24) is 10.2 Å². The molecule has 0 unspecified atom stereocenters. The normalized spacial score (nSPS) is 15.5. The molecule has 2 aromatic rings. The third-order valence-electron chi connectivity index (χ3n) is 4.02. The minimum Gasteiger partial charge on any atom is -0.351 e. The Labute approximate surface area is 176 Å². The number of thioether (sulfide) groups is 1. The smallest absolute Gasteiger partial charge is 0.293 e. The Morgan fingerprint density at radius 2 is 1.79 bits per heavy atom. The Balaban J connectivity index is 1.55. The number of carbonyl (C=O) groups is 3. The van der Waals surface area contributed by atoms with Crippen LogP contribution < -0.4 is 5.32 Å². The first kappa shape index (κ1) is 20.8. The fourth-order valence-corrected chi connectivity index (χ4v) is 3.60. The molecule has 1 aliphatic rings. The van der Waals surface area contributed by atoms with Crippen molar-refractivity contribution in [1.29, 1.82) is 0 Å². The molecule has 29 heavy (non-hydrogen) atoms. The van der Waals surface area contributed by atoms with Crippen molar-refractivity contribution in [2.24, 2.45) is 0 Å². The topological polar surface area (TPSA) is 66.5 Å². The summed E-state index contributed by atoms with van der Waals surface area (Å²) in [5, 5.41) is 2.64. The number of nitrogens with zero attached hydrogens (tertiary/aromatic N) is 1. The van der Waals surface area contributed by atoms with Gasteiger partial charge in [0, 0.05) is 29.8 Å². The minimum absolute atomic E-state index is 0.0316. The summed E-state index contributed by atoms with van der Waals surface area (Å²) < 4.78 is 13.5.